The number of benzene rings is 2. The molecule has 0 aromatic heterocycles. The number of amides is 1. The molecule has 0 spiro atoms. The van der Waals surface area contributed by atoms with Gasteiger partial charge >= 0.3 is 6.18 Å². The van der Waals surface area contributed by atoms with E-state index in [4.69, 9.17) is 4.84 Å². The molecule has 1 atom stereocenters. The number of alkyl halides is 3. The molecule has 1 aliphatic heterocycles. The average Bonchev–Trinajstić information content (AvgIpc) is 3.16. The zero-order valence-electron chi connectivity index (χ0n) is 14.0. The van der Waals surface area contributed by atoms with E-state index in [2.05, 4.69) is 0 Å². The van der Waals surface area contributed by atoms with Gasteiger partial charge in [-0.1, -0.05) is 55.3 Å². The van der Waals surface area contributed by atoms with Crippen molar-refractivity contribution in [3.63, 3.8) is 0 Å². The zero-order valence-corrected chi connectivity index (χ0v) is 14.0. The van der Waals surface area contributed by atoms with E-state index in [-0.39, 0.29) is 11.6 Å². The molecule has 1 saturated carbocycles. The van der Waals surface area contributed by atoms with Gasteiger partial charge in [-0.3, -0.25) is 4.79 Å². The van der Waals surface area contributed by atoms with Crippen LogP contribution in [0, 0.1) is 5.92 Å². The van der Waals surface area contributed by atoms with Gasteiger partial charge in [0.25, 0.3) is 5.91 Å². The molecule has 1 saturated heterocycles. The van der Waals surface area contributed by atoms with E-state index in [9.17, 15) is 18.0 Å². The van der Waals surface area contributed by atoms with Gasteiger partial charge in [-0.25, -0.2) is 4.84 Å². The SMILES string of the molecule is O=C1N(c2ccccc2C(F)(F)F)O[C@@]1(c1ccccc1)C1CCCC1. The van der Waals surface area contributed by atoms with Gasteiger partial charge in [0.05, 0.1) is 11.3 Å². The van der Waals surface area contributed by atoms with Gasteiger partial charge in [0, 0.05) is 5.92 Å². The van der Waals surface area contributed by atoms with Crippen LogP contribution in [0.3, 0.4) is 0 Å². The number of para-hydroxylation sites is 1. The molecule has 1 heterocycles. The van der Waals surface area contributed by atoms with Crippen LogP contribution in [0.25, 0.3) is 0 Å². The Hall–Kier alpha value is -2.34. The van der Waals surface area contributed by atoms with E-state index >= 15 is 0 Å². The summed E-state index contributed by atoms with van der Waals surface area (Å²) in [5.41, 5.74) is -1.61. The Balaban J connectivity index is 1.74. The number of rotatable bonds is 3. The van der Waals surface area contributed by atoms with Crippen molar-refractivity contribution in [2.75, 3.05) is 5.06 Å². The Morgan fingerprint density at radius 2 is 1.58 bits per heavy atom. The summed E-state index contributed by atoms with van der Waals surface area (Å²) in [7, 11) is 0. The monoisotopic (exact) mass is 361 g/mol. The van der Waals surface area contributed by atoms with E-state index in [1.54, 1.807) is 0 Å². The van der Waals surface area contributed by atoms with Crippen LogP contribution < -0.4 is 5.06 Å². The fourth-order valence-corrected chi connectivity index (χ4v) is 4.06. The smallest absolute Gasteiger partial charge is 0.268 e. The van der Waals surface area contributed by atoms with Crippen molar-refractivity contribution >= 4 is 11.6 Å². The fourth-order valence-electron chi connectivity index (χ4n) is 4.06. The van der Waals surface area contributed by atoms with Crippen LogP contribution in [0.1, 0.15) is 36.8 Å². The maximum Gasteiger partial charge on any atom is 0.418 e. The summed E-state index contributed by atoms with van der Waals surface area (Å²) < 4.78 is 40.0. The number of carbonyl (C=O) groups is 1. The first-order chi connectivity index (χ1) is 12.4. The summed E-state index contributed by atoms with van der Waals surface area (Å²) in [6.45, 7) is 0. The molecule has 2 aromatic rings. The predicted molar refractivity (Wildman–Crippen MR) is 90.1 cm³/mol. The largest absolute Gasteiger partial charge is 0.418 e. The van der Waals surface area contributed by atoms with E-state index in [0.717, 1.165) is 36.8 Å². The van der Waals surface area contributed by atoms with Crippen LogP contribution in [0.4, 0.5) is 18.9 Å². The molecule has 0 N–H and O–H groups in total. The van der Waals surface area contributed by atoms with Gasteiger partial charge in [-0.15, -0.1) is 0 Å². The number of halogens is 3. The summed E-state index contributed by atoms with van der Waals surface area (Å²) in [5, 5.41) is 0.814. The van der Waals surface area contributed by atoms with Crippen molar-refractivity contribution in [3.05, 3.63) is 65.7 Å². The summed E-state index contributed by atoms with van der Waals surface area (Å²) in [5.74, 6) is -0.445. The number of hydroxylamine groups is 1. The van der Waals surface area contributed by atoms with Crippen LogP contribution in [0.5, 0.6) is 0 Å². The van der Waals surface area contributed by atoms with Gasteiger partial charge in [0.1, 0.15) is 0 Å². The van der Waals surface area contributed by atoms with Gasteiger partial charge < -0.3 is 0 Å². The van der Waals surface area contributed by atoms with Crippen LogP contribution in [-0.2, 0) is 21.4 Å². The molecule has 26 heavy (non-hydrogen) atoms. The minimum Gasteiger partial charge on any atom is -0.268 e. The van der Waals surface area contributed by atoms with Gasteiger partial charge in [0.2, 0.25) is 5.60 Å². The number of carbonyl (C=O) groups excluding carboxylic acids is 1. The Bertz CT molecular complexity index is 815. The normalized spacial score (nSPS) is 24.0. The van der Waals surface area contributed by atoms with Crippen molar-refractivity contribution in [2.24, 2.45) is 5.92 Å². The number of hydrogen-bond acceptors (Lipinski definition) is 2. The van der Waals surface area contributed by atoms with Crippen LogP contribution in [0.2, 0.25) is 0 Å². The highest BCUT2D eigenvalue weighted by molar-refractivity contribution is 6.04. The zero-order chi connectivity index (χ0) is 18.4. The van der Waals surface area contributed by atoms with Crippen LogP contribution >= 0.6 is 0 Å². The van der Waals surface area contributed by atoms with E-state index in [1.165, 1.54) is 18.2 Å². The second-order valence-electron chi connectivity index (χ2n) is 6.79. The summed E-state index contributed by atoms with van der Waals surface area (Å²) >= 11 is 0. The molecule has 6 heteroatoms. The fraction of sp³-hybridized carbons (Fsp3) is 0.350. The third-order valence-corrected chi connectivity index (χ3v) is 5.30. The minimum absolute atomic E-state index is 0.0216. The summed E-state index contributed by atoms with van der Waals surface area (Å²) in [4.78, 5) is 19.1. The van der Waals surface area contributed by atoms with Crippen molar-refractivity contribution in [2.45, 2.75) is 37.5 Å². The van der Waals surface area contributed by atoms with Gasteiger partial charge in [0.15, 0.2) is 0 Å². The van der Waals surface area contributed by atoms with Crippen molar-refractivity contribution in [1.82, 2.24) is 0 Å². The molecule has 136 valence electrons. The molecular formula is C20H18F3NO2. The molecule has 4 rings (SSSR count). The first-order valence-corrected chi connectivity index (χ1v) is 8.70. The van der Waals surface area contributed by atoms with Gasteiger partial charge in [-0.05, 0) is 30.5 Å². The highest BCUT2D eigenvalue weighted by Crippen LogP contribution is 2.52. The standard InChI is InChI=1S/C20H18F3NO2/c21-20(22,23)16-12-6-7-13-17(16)24-18(25)19(26-24,15-10-4-5-11-15)14-8-2-1-3-9-14/h1-3,6-9,12-13,15H,4-5,10-11H2/t19-/m0/s1. The second kappa shape index (κ2) is 6.13. The first kappa shape index (κ1) is 17.1. The highest BCUT2D eigenvalue weighted by atomic mass is 19.4. The van der Waals surface area contributed by atoms with E-state index in [0.29, 0.717) is 5.56 Å². The molecule has 2 fully saturated rings. The molecular weight excluding hydrogens is 343 g/mol. The molecule has 0 radical (unpaired) electrons. The summed E-state index contributed by atoms with van der Waals surface area (Å²) in [6, 6.07) is 14.1. The summed E-state index contributed by atoms with van der Waals surface area (Å²) in [6.07, 6.45) is -0.909. The van der Waals surface area contributed by atoms with Crippen molar-refractivity contribution in [3.8, 4) is 0 Å². The lowest BCUT2D eigenvalue weighted by molar-refractivity contribution is -0.205. The topological polar surface area (TPSA) is 29.5 Å². The molecule has 0 bridgehead atoms. The van der Waals surface area contributed by atoms with Gasteiger partial charge in [-0.2, -0.15) is 18.2 Å². The van der Waals surface area contributed by atoms with Crippen LogP contribution in [0.15, 0.2) is 54.6 Å². The highest BCUT2D eigenvalue weighted by Gasteiger charge is 2.62. The minimum atomic E-state index is -4.56. The number of anilines is 1. The molecule has 0 unspecified atom stereocenters. The predicted octanol–water partition coefficient (Wildman–Crippen LogP) is 5.07. The Morgan fingerprint density at radius 3 is 2.19 bits per heavy atom. The Labute approximate surface area is 149 Å². The molecule has 2 aliphatic rings. The first-order valence-electron chi connectivity index (χ1n) is 8.70. The molecule has 2 aromatic carbocycles. The second-order valence-corrected chi connectivity index (χ2v) is 6.79. The lowest BCUT2D eigenvalue weighted by Crippen LogP contribution is -2.66. The average molecular weight is 361 g/mol. The maximum absolute atomic E-state index is 13.3. The van der Waals surface area contributed by atoms with E-state index in [1.807, 2.05) is 30.3 Å². The van der Waals surface area contributed by atoms with Crippen LogP contribution in [-0.4, -0.2) is 5.91 Å². The van der Waals surface area contributed by atoms with Crippen molar-refractivity contribution in [1.29, 1.82) is 0 Å². The van der Waals surface area contributed by atoms with Crippen molar-refractivity contribution < 1.29 is 22.8 Å². The maximum atomic E-state index is 13.3. The lowest BCUT2D eigenvalue weighted by atomic mass is 9.77. The third kappa shape index (κ3) is 2.51. The quantitative estimate of drug-likeness (QED) is 0.764. The molecule has 1 amide bonds. The number of nitrogens with zero attached hydrogens (tertiary/aromatic N) is 1. The number of hydrogen-bond donors (Lipinski definition) is 0. The van der Waals surface area contributed by atoms with E-state index < -0.39 is 23.2 Å². The Kier molecular flexibility index (Phi) is 4.03. The molecule has 3 nitrogen and oxygen atoms in total. The Morgan fingerprint density at radius 1 is 0.962 bits per heavy atom. The lowest BCUT2D eigenvalue weighted by Gasteiger charge is -2.51. The third-order valence-electron chi connectivity index (χ3n) is 5.30. The molecule has 1 aliphatic carbocycles.